The number of carbonyl (C=O) groups excluding carboxylic acids is 4. The van der Waals surface area contributed by atoms with E-state index in [-0.39, 0.29) is 25.7 Å². The fourth-order valence-corrected chi connectivity index (χ4v) is 14.0. The molecule has 0 aliphatic heterocycles. The second-order valence-corrected chi connectivity index (χ2v) is 31.7. The zero-order valence-electron chi connectivity index (χ0n) is 64.5. The summed E-state index contributed by atoms with van der Waals surface area (Å²) in [5, 5.41) is 10.6. The molecule has 0 bridgehead atoms. The van der Waals surface area contributed by atoms with E-state index in [1.54, 1.807) is 0 Å². The highest BCUT2D eigenvalue weighted by Crippen LogP contribution is 2.45. The molecule has 0 aliphatic carbocycles. The quantitative estimate of drug-likeness (QED) is 0.0222. The lowest BCUT2D eigenvalue weighted by Crippen LogP contribution is -2.30. The first-order valence-corrected chi connectivity index (χ1v) is 44.8. The largest absolute Gasteiger partial charge is 0.472 e. The average molecular weight is 1450 g/mol. The zero-order valence-corrected chi connectivity index (χ0v) is 66.3. The van der Waals surface area contributed by atoms with Crippen molar-refractivity contribution in [3.05, 3.63) is 0 Å². The molecule has 588 valence electrons. The zero-order chi connectivity index (χ0) is 72.5. The number of hydrogen-bond acceptors (Lipinski definition) is 15. The van der Waals surface area contributed by atoms with Crippen molar-refractivity contribution in [1.82, 2.24) is 0 Å². The number of aliphatic hydroxyl groups is 1. The molecule has 0 amide bonds. The van der Waals surface area contributed by atoms with E-state index in [0.29, 0.717) is 25.7 Å². The van der Waals surface area contributed by atoms with Gasteiger partial charge in [-0.2, -0.15) is 0 Å². The van der Waals surface area contributed by atoms with Gasteiger partial charge in [0.2, 0.25) is 0 Å². The number of carbonyl (C=O) groups is 4. The van der Waals surface area contributed by atoms with Crippen LogP contribution in [0.3, 0.4) is 0 Å². The predicted molar refractivity (Wildman–Crippen MR) is 405 cm³/mol. The van der Waals surface area contributed by atoms with Crippen LogP contribution in [0.15, 0.2) is 0 Å². The highest BCUT2D eigenvalue weighted by atomic mass is 31.2. The van der Waals surface area contributed by atoms with Gasteiger partial charge in [-0.25, -0.2) is 9.13 Å². The van der Waals surface area contributed by atoms with Crippen LogP contribution in [0.25, 0.3) is 0 Å². The molecular weight excluding hydrogens is 1290 g/mol. The van der Waals surface area contributed by atoms with Gasteiger partial charge >= 0.3 is 39.5 Å². The number of esters is 4. The number of hydrogen-bond donors (Lipinski definition) is 3. The molecule has 17 nitrogen and oxygen atoms in total. The van der Waals surface area contributed by atoms with Gasteiger partial charge in [0.05, 0.1) is 26.4 Å². The molecule has 0 fully saturated rings. The fraction of sp³-hybridized carbons (Fsp3) is 0.950. The highest BCUT2D eigenvalue weighted by molar-refractivity contribution is 7.47. The summed E-state index contributed by atoms with van der Waals surface area (Å²) in [4.78, 5) is 72.9. The summed E-state index contributed by atoms with van der Waals surface area (Å²) < 4.78 is 68.7. The second kappa shape index (κ2) is 74.3. The second-order valence-electron chi connectivity index (χ2n) is 28.8. The number of phosphoric ester groups is 2. The predicted octanol–water partition coefficient (Wildman–Crippen LogP) is 24.2. The molecule has 0 saturated carbocycles. The van der Waals surface area contributed by atoms with Crippen molar-refractivity contribution < 1.29 is 80.2 Å². The minimum Gasteiger partial charge on any atom is -0.462 e. The monoisotopic (exact) mass is 1450 g/mol. The third-order valence-electron chi connectivity index (χ3n) is 18.9. The number of rotatable bonds is 81. The fourth-order valence-electron chi connectivity index (χ4n) is 12.5. The highest BCUT2D eigenvalue weighted by Gasteiger charge is 2.30. The van der Waals surface area contributed by atoms with E-state index in [1.165, 1.54) is 263 Å². The van der Waals surface area contributed by atoms with Crippen LogP contribution in [0.2, 0.25) is 0 Å². The van der Waals surface area contributed by atoms with Gasteiger partial charge < -0.3 is 33.8 Å². The van der Waals surface area contributed by atoms with Crippen LogP contribution >= 0.6 is 15.6 Å². The van der Waals surface area contributed by atoms with Crippen molar-refractivity contribution >= 4 is 39.5 Å². The third-order valence-corrected chi connectivity index (χ3v) is 20.8. The maximum Gasteiger partial charge on any atom is 0.472 e. The van der Waals surface area contributed by atoms with E-state index < -0.39 is 97.5 Å². The average Bonchev–Trinajstić information content (AvgIpc) is 1.23. The minimum atomic E-state index is -4.96. The number of phosphoric acid groups is 2. The summed E-state index contributed by atoms with van der Waals surface area (Å²) in [5.74, 6) is -2.11. The van der Waals surface area contributed by atoms with Gasteiger partial charge in [0, 0.05) is 25.7 Å². The number of unbranched alkanes of at least 4 members (excludes halogenated alkanes) is 55. The van der Waals surface area contributed by atoms with Crippen molar-refractivity contribution in [3.63, 3.8) is 0 Å². The molecule has 0 aromatic rings. The van der Waals surface area contributed by atoms with Crippen LogP contribution in [0.5, 0.6) is 0 Å². The maximum atomic E-state index is 13.1. The van der Waals surface area contributed by atoms with Crippen LogP contribution in [-0.4, -0.2) is 96.7 Å². The topological polar surface area (TPSA) is 237 Å². The molecule has 0 radical (unpaired) electrons. The van der Waals surface area contributed by atoms with Gasteiger partial charge in [0.25, 0.3) is 0 Å². The first kappa shape index (κ1) is 97.1. The molecule has 0 spiro atoms. The Labute approximate surface area is 607 Å². The Kier molecular flexibility index (Phi) is 72.9. The third kappa shape index (κ3) is 74.1. The van der Waals surface area contributed by atoms with Crippen molar-refractivity contribution in [2.24, 2.45) is 0 Å². The van der Waals surface area contributed by atoms with Crippen LogP contribution in [0, 0.1) is 0 Å². The lowest BCUT2D eigenvalue weighted by atomic mass is 10.0. The van der Waals surface area contributed by atoms with Gasteiger partial charge in [0.15, 0.2) is 12.2 Å². The lowest BCUT2D eigenvalue weighted by molar-refractivity contribution is -0.161. The summed E-state index contributed by atoms with van der Waals surface area (Å²) in [7, 11) is -9.91. The van der Waals surface area contributed by atoms with Gasteiger partial charge in [-0.15, -0.1) is 0 Å². The van der Waals surface area contributed by atoms with Crippen molar-refractivity contribution in [2.75, 3.05) is 39.6 Å². The van der Waals surface area contributed by atoms with Gasteiger partial charge in [0.1, 0.15) is 19.3 Å². The number of aliphatic hydroxyl groups excluding tert-OH is 1. The molecule has 2 unspecified atom stereocenters. The summed E-state index contributed by atoms with van der Waals surface area (Å²) >= 11 is 0. The Morgan fingerprint density at radius 3 is 0.596 bits per heavy atom. The minimum absolute atomic E-state index is 0.109. The SMILES string of the molecule is CCCCCCCCCCCCCCCCCCCCCCC(=O)O[C@H](COC(=O)CCCCCCCCCCCCCCCCC)COP(=O)(O)OC[C@@H](O)COP(=O)(O)OC[C@@H](COC(=O)CCCCCCCCCCC)OC(=O)CCCCCCCCCCCCCCCCC. The maximum absolute atomic E-state index is 13.1. The molecule has 3 N–H and O–H groups in total. The molecule has 99 heavy (non-hydrogen) atoms. The van der Waals surface area contributed by atoms with E-state index in [4.69, 9.17) is 37.0 Å². The van der Waals surface area contributed by atoms with Crippen molar-refractivity contribution in [2.45, 2.75) is 451 Å². The molecule has 0 rings (SSSR count). The Morgan fingerprint density at radius 1 is 0.242 bits per heavy atom. The summed E-state index contributed by atoms with van der Waals surface area (Å²) in [6.07, 6.45) is 66.6. The molecule has 0 aromatic carbocycles. The van der Waals surface area contributed by atoms with Gasteiger partial charge in [-0.1, -0.05) is 381 Å². The summed E-state index contributed by atoms with van der Waals surface area (Å²) in [6, 6.07) is 0. The van der Waals surface area contributed by atoms with E-state index in [0.717, 1.165) is 89.9 Å². The van der Waals surface area contributed by atoms with Crippen LogP contribution in [0.1, 0.15) is 432 Å². The smallest absolute Gasteiger partial charge is 0.462 e. The Balaban J connectivity index is 5.21. The normalized spacial score (nSPS) is 13.8. The molecular formula is C80H156O17P2. The summed E-state index contributed by atoms with van der Waals surface area (Å²) in [5.41, 5.74) is 0. The van der Waals surface area contributed by atoms with E-state index in [9.17, 15) is 43.2 Å². The van der Waals surface area contributed by atoms with Crippen molar-refractivity contribution in [3.8, 4) is 0 Å². The van der Waals surface area contributed by atoms with Crippen molar-refractivity contribution in [1.29, 1.82) is 0 Å². The number of ether oxygens (including phenoxy) is 4. The van der Waals surface area contributed by atoms with Crippen LogP contribution < -0.4 is 0 Å². The molecule has 0 saturated heterocycles. The molecule has 0 heterocycles. The van der Waals surface area contributed by atoms with E-state index in [2.05, 4.69) is 27.7 Å². The first-order chi connectivity index (χ1) is 48.2. The Bertz CT molecular complexity index is 1880. The molecule has 19 heteroatoms. The summed E-state index contributed by atoms with van der Waals surface area (Å²) in [6.45, 7) is 5.01. The lowest BCUT2D eigenvalue weighted by Gasteiger charge is -2.21. The molecule has 0 aromatic heterocycles. The van der Waals surface area contributed by atoms with Crippen LogP contribution in [0.4, 0.5) is 0 Å². The molecule has 0 aliphatic rings. The standard InChI is InChI=1S/C80H156O17P2/c1-5-9-13-17-21-25-28-31-34-35-36-37-38-41-44-47-51-55-59-63-67-80(85)97-76(71-91-78(83)65-61-57-53-49-45-42-39-32-29-26-22-18-14-10-6-2)73-95-99(88,89)93-69-74(81)68-92-98(86,87)94-72-75(70-90-77(82)64-60-56-52-48-24-20-16-12-8-4)96-79(84)66-62-58-54-50-46-43-40-33-30-27-23-19-15-11-7-3/h74-76,81H,5-73H2,1-4H3,(H,86,87)(H,88,89)/t74-,75+,76+/m0/s1. The van der Waals surface area contributed by atoms with E-state index in [1.807, 2.05) is 0 Å². The Morgan fingerprint density at radius 2 is 0.404 bits per heavy atom. The first-order valence-electron chi connectivity index (χ1n) is 41.8. The van der Waals surface area contributed by atoms with Crippen LogP contribution in [-0.2, 0) is 65.4 Å². The van der Waals surface area contributed by atoms with Gasteiger partial charge in [-0.05, 0) is 25.7 Å². The Hall–Kier alpha value is -1.94. The van der Waals surface area contributed by atoms with Gasteiger partial charge in [-0.3, -0.25) is 37.3 Å². The molecule has 5 atom stereocenters. The van der Waals surface area contributed by atoms with E-state index >= 15 is 0 Å².